The molecular formula is C16H16N2O3. The Kier molecular flexibility index (Phi) is 4.56. The molecule has 21 heavy (non-hydrogen) atoms. The number of hydrogen-bond acceptors (Lipinski definition) is 3. The maximum atomic E-state index is 11.8. The molecule has 0 atom stereocenters. The van der Waals surface area contributed by atoms with Crippen molar-refractivity contribution >= 4 is 17.6 Å². The van der Waals surface area contributed by atoms with E-state index in [4.69, 9.17) is 10.8 Å². The van der Waals surface area contributed by atoms with Crippen molar-refractivity contribution < 1.29 is 14.7 Å². The first-order chi connectivity index (χ1) is 10.0. The number of aromatic carboxylic acids is 1. The molecule has 0 heterocycles. The lowest BCUT2D eigenvalue weighted by Crippen LogP contribution is -2.24. The fourth-order valence-electron chi connectivity index (χ4n) is 1.97. The molecular weight excluding hydrogens is 268 g/mol. The zero-order chi connectivity index (χ0) is 15.2. The van der Waals surface area contributed by atoms with E-state index in [-0.39, 0.29) is 17.9 Å². The fourth-order valence-corrected chi connectivity index (χ4v) is 1.97. The third-order valence-corrected chi connectivity index (χ3v) is 2.98. The lowest BCUT2D eigenvalue weighted by Gasteiger charge is -2.07. The molecule has 1 amide bonds. The highest BCUT2D eigenvalue weighted by molar-refractivity contribution is 5.87. The van der Waals surface area contributed by atoms with E-state index in [1.54, 1.807) is 36.4 Å². The quantitative estimate of drug-likeness (QED) is 0.730. The average Bonchev–Trinajstić information content (AvgIpc) is 2.45. The second kappa shape index (κ2) is 6.56. The summed E-state index contributed by atoms with van der Waals surface area (Å²) < 4.78 is 0. The van der Waals surface area contributed by atoms with Gasteiger partial charge >= 0.3 is 5.97 Å². The fraction of sp³-hybridized carbons (Fsp3) is 0.125. The van der Waals surface area contributed by atoms with E-state index in [1.807, 2.05) is 6.07 Å². The minimum atomic E-state index is -0.983. The number of anilines is 1. The number of nitrogen functional groups attached to an aromatic ring is 1. The number of carboxylic acids is 1. The van der Waals surface area contributed by atoms with Crippen molar-refractivity contribution in [1.29, 1.82) is 0 Å². The third-order valence-electron chi connectivity index (χ3n) is 2.98. The van der Waals surface area contributed by atoms with Crippen LogP contribution in [-0.4, -0.2) is 17.0 Å². The van der Waals surface area contributed by atoms with Crippen LogP contribution < -0.4 is 11.1 Å². The molecule has 0 aromatic heterocycles. The van der Waals surface area contributed by atoms with Crippen LogP contribution in [-0.2, 0) is 17.8 Å². The zero-order valence-corrected chi connectivity index (χ0v) is 11.4. The van der Waals surface area contributed by atoms with Crippen molar-refractivity contribution in [3.63, 3.8) is 0 Å². The molecule has 2 aromatic rings. The van der Waals surface area contributed by atoms with Crippen molar-refractivity contribution in [2.24, 2.45) is 0 Å². The summed E-state index contributed by atoms with van der Waals surface area (Å²) >= 11 is 0. The van der Waals surface area contributed by atoms with Crippen LogP contribution in [0, 0.1) is 0 Å². The normalized spacial score (nSPS) is 10.1. The number of amides is 1. The van der Waals surface area contributed by atoms with Gasteiger partial charge in [-0.2, -0.15) is 0 Å². The highest BCUT2D eigenvalue weighted by Gasteiger charge is 2.06. The van der Waals surface area contributed by atoms with E-state index in [2.05, 4.69) is 5.32 Å². The molecule has 5 heteroatoms. The predicted molar refractivity (Wildman–Crippen MR) is 79.8 cm³/mol. The summed E-state index contributed by atoms with van der Waals surface area (Å²) in [5, 5.41) is 11.7. The van der Waals surface area contributed by atoms with Crippen molar-refractivity contribution in [3.05, 3.63) is 65.2 Å². The molecule has 4 N–H and O–H groups in total. The van der Waals surface area contributed by atoms with Crippen molar-refractivity contribution in [3.8, 4) is 0 Å². The zero-order valence-electron chi connectivity index (χ0n) is 11.4. The Bertz CT molecular complexity index is 668. The van der Waals surface area contributed by atoms with Gasteiger partial charge < -0.3 is 16.2 Å². The summed E-state index contributed by atoms with van der Waals surface area (Å²) in [6.07, 6.45) is 0.240. The Labute approximate surface area is 122 Å². The van der Waals surface area contributed by atoms with Gasteiger partial charge in [0.2, 0.25) is 5.91 Å². The van der Waals surface area contributed by atoms with Gasteiger partial charge in [-0.05, 0) is 35.4 Å². The van der Waals surface area contributed by atoms with Gasteiger partial charge in [0.25, 0.3) is 0 Å². The van der Waals surface area contributed by atoms with Crippen LogP contribution in [0.1, 0.15) is 21.5 Å². The van der Waals surface area contributed by atoms with E-state index in [0.29, 0.717) is 12.2 Å². The highest BCUT2D eigenvalue weighted by atomic mass is 16.4. The Balaban J connectivity index is 1.92. The van der Waals surface area contributed by atoms with Crippen LogP contribution in [0.3, 0.4) is 0 Å². The van der Waals surface area contributed by atoms with Crippen LogP contribution in [0.25, 0.3) is 0 Å². The van der Waals surface area contributed by atoms with Crippen molar-refractivity contribution in [2.45, 2.75) is 13.0 Å². The van der Waals surface area contributed by atoms with Gasteiger partial charge in [-0.15, -0.1) is 0 Å². The number of rotatable bonds is 5. The topological polar surface area (TPSA) is 92.4 Å². The van der Waals surface area contributed by atoms with Crippen LogP contribution in [0.15, 0.2) is 48.5 Å². The summed E-state index contributed by atoms with van der Waals surface area (Å²) in [6, 6.07) is 13.6. The van der Waals surface area contributed by atoms with Crippen LogP contribution in [0.2, 0.25) is 0 Å². The maximum absolute atomic E-state index is 11.8. The molecule has 0 radical (unpaired) electrons. The van der Waals surface area contributed by atoms with Gasteiger partial charge in [-0.3, -0.25) is 4.79 Å². The Morgan fingerprint density at radius 2 is 1.76 bits per heavy atom. The monoisotopic (exact) mass is 284 g/mol. The highest BCUT2D eigenvalue weighted by Crippen LogP contribution is 2.08. The first kappa shape index (κ1) is 14.6. The SMILES string of the molecule is Nc1cccc(CC(=O)NCc2cccc(C(=O)O)c2)c1. The molecule has 0 spiro atoms. The molecule has 0 fully saturated rings. The summed E-state index contributed by atoms with van der Waals surface area (Å²) in [4.78, 5) is 22.7. The Hall–Kier alpha value is -2.82. The first-order valence-electron chi connectivity index (χ1n) is 6.48. The smallest absolute Gasteiger partial charge is 0.335 e. The van der Waals surface area contributed by atoms with Gasteiger partial charge in [-0.25, -0.2) is 4.79 Å². The molecule has 0 aliphatic heterocycles. The van der Waals surface area contributed by atoms with E-state index in [1.165, 1.54) is 6.07 Å². The third kappa shape index (κ3) is 4.35. The second-order valence-electron chi connectivity index (χ2n) is 4.70. The van der Waals surface area contributed by atoms with E-state index < -0.39 is 5.97 Å². The number of hydrogen-bond donors (Lipinski definition) is 3. The van der Waals surface area contributed by atoms with Gasteiger partial charge in [-0.1, -0.05) is 24.3 Å². The predicted octanol–water partition coefficient (Wildman–Crippen LogP) is 1.83. The standard InChI is InChI=1S/C16H16N2O3/c17-14-6-2-3-11(8-14)9-15(19)18-10-12-4-1-5-13(7-12)16(20)21/h1-8H,9-10,17H2,(H,18,19)(H,20,21). The van der Waals surface area contributed by atoms with E-state index in [0.717, 1.165) is 11.1 Å². The minimum Gasteiger partial charge on any atom is -0.478 e. The number of carbonyl (C=O) groups excluding carboxylic acids is 1. The second-order valence-corrected chi connectivity index (χ2v) is 4.70. The van der Waals surface area contributed by atoms with Gasteiger partial charge in [0, 0.05) is 12.2 Å². The number of nitrogens with one attached hydrogen (secondary N) is 1. The minimum absolute atomic E-state index is 0.138. The summed E-state index contributed by atoms with van der Waals surface area (Å²) in [5.41, 5.74) is 8.07. The van der Waals surface area contributed by atoms with E-state index >= 15 is 0 Å². The molecule has 108 valence electrons. The van der Waals surface area contributed by atoms with E-state index in [9.17, 15) is 9.59 Å². The molecule has 0 aliphatic rings. The largest absolute Gasteiger partial charge is 0.478 e. The molecule has 0 unspecified atom stereocenters. The number of carboxylic acid groups (broad SMARTS) is 1. The van der Waals surface area contributed by atoms with Gasteiger partial charge in [0.15, 0.2) is 0 Å². The molecule has 0 bridgehead atoms. The van der Waals surface area contributed by atoms with Crippen molar-refractivity contribution in [1.82, 2.24) is 5.32 Å². The first-order valence-corrected chi connectivity index (χ1v) is 6.48. The van der Waals surface area contributed by atoms with Gasteiger partial charge in [0.05, 0.1) is 12.0 Å². The van der Waals surface area contributed by atoms with Crippen LogP contribution in [0.5, 0.6) is 0 Å². The molecule has 2 rings (SSSR count). The Morgan fingerprint density at radius 3 is 2.48 bits per heavy atom. The molecule has 0 saturated heterocycles. The molecule has 0 saturated carbocycles. The molecule has 5 nitrogen and oxygen atoms in total. The molecule has 0 aliphatic carbocycles. The lowest BCUT2D eigenvalue weighted by molar-refractivity contribution is -0.120. The summed E-state index contributed by atoms with van der Waals surface area (Å²) in [5.74, 6) is -1.12. The van der Waals surface area contributed by atoms with Crippen LogP contribution in [0.4, 0.5) is 5.69 Å². The average molecular weight is 284 g/mol. The Morgan fingerprint density at radius 1 is 1.05 bits per heavy atom. The lowest BCUT2D eigenvalue weighted by atomic mass is 10.1. The summed E-state index contributed by atoms with van der Waals surface area (Å²) in [6.45, 7) is 0.294. The number of carbonyl (C=O) groups is 2. The summed E-state index contributed by atoms with van der Waals surface area (Å²) in [7, 11) is 0. The maximum Gasteiger partial charge on any atom is 0.335 e. The van der Waals surface area contributed by atoms with Gasteiger partial charge in [0.1, 0.15) is 0 Å². The van der Waals surface area contributed by atoms with Crippen LogP contribution >= 0.6 is 0 Å². The molecule has 2 aromatic carbocycles. The number of nitrogens with two attached hydrogens (primary N) is 1. The number of benzene rings is 2. The van der Waals surface area contributed by atoms with Crippen molar-refractivity contribution in [2.75, 3.05) is 5.73 Å².